The summed E-state index contributed by atoms with van der Waals surface area (Å²) >= 11 is 24.0. The first-order valence-corrected chi connectivity index (χ1v) is 12.0. The van der Waals surface area contributed by atoms with Crippen LogP contribution in [0.25, 0.3) is 0 Å². The molecule has 0 atom stereocenters. The molecule has 0 N–H and O–H groups in total. The monoisotopic (exact) mass is 288 g/mol. The predicted molar refractivity (Wildman–Crippen MR) is 66.3 cm³/mol. The molecule has 54 valence electrons. The molecule has 0 fully saturated rings. The molecule has 0 amide bonds. The fraction of sp³-hybridized carbons (Fsp3) is 0. The largest absolute Gasteiger partial charge is 0 e. The zero-order chi connectivity index (χ0) is 7.44. The maximum atomic E-state index is 4.94. The molecule has 0 heterocycles. The van der Waals surface area contributed by atoms with Crippen LogP contribution in [0.15, 0.2) is 0 Å². The molecule has 0 nitrogen and oxygen atoms in total. The van der Waals surface area contributed by atoms with Crippen LogP contribution in [-0.4, -0.2) is 0 Å². The van der Waals surface area contributed by atoms with Crippen molar-refractivity contribution < 1.29 is 0 Å². The van der Waals surface area contributed by atoms with Gasteiger partial charge in [-0.05, 0) is 0 Å². The van der Waals surface area contributed by atoms with Gasteiger partial charge in [-0.25, -0.2) is 0 Å². The lowest BCUT2D eigenvalue weighted by Crippen LogP contribution is -1.53. The molecule has 0 bridgehead atoms. The highest BCUT2D eigenvalue weighted by atomic mass is 33.6. The Hall–Kier alpha value is 1.98. The summed E-state index contributed by atoms with van der Waals surface area (Å²) in [6.45, 7) is -1.38. The average molecular weight is 289 g/mol. The van der Waals surface area contributed by atoms with Crippen molar-refractivity contribution in [3.05, 3.63) is 0 Å². The topological polar surface area (TPSA) is 0 Å². The SMILES string of the molecule is S=S=S(=S)=S(=S)=S(=S)=S. The Morgan fingerprint density at radius 2 is 1.44 bits per heavy atom. The van der Waals surface area contributed by atoms with E-state index in [9.17, 15) is 0 Å². The average Bonchev–Trinajstić information content (AvgIpc) is 1.84. The van der Waals surface area contributed by atoms with Gasteiger partial charge in [0.2, 0.25) is 0 Å². The maximum absolute atomic E-state index is 4.94. The highest BCUT2D eigenvalue weighted by Crippen LogP contribution is 1.53. The van der Waals surface area contributed by atoms with E-state index in [0.717, 1.165) is 0 Å². The molecule has 0 saturated carbocycles. The zero-order valence-corrected chi connectivity index (χ0v) is 11.0. The van der Waals surface area contributed by atoms with Gasteiger partial charge in [0.15, 0.2) is 0 Å². The van der Waals surface area contributed by atoms with Crippen molar-refractivity contribution in [1.82, 2.24) is 0 Å². The third-order valence-electron chi connectivity index (χ3n) is 0.278. The van der Waals surface area contributed by atoms with Gasteiger partial charge in [-0.1, -0.05) is 0 Å². The van der Waals surface area contributed by atoms with Crippen LogP contribution in [-0.2, 0) is 84.5 Å². The zero-order valence-electron chi connectivity index (χ0n) is 3.67. The number of hydrogen-bond acceptors (Lipinski definition) is 5. The summed E-state index contributed by atoms with van der Waals surface area (Å²) in [6.07, 6.45) is 0. The maximum Gasteiger partial charge on any atom is 0 e. The Balaban J connectivity index is 7.15. The summed E-state index contributed by atoms with van der Waals surface area (Å²) in [7, 11) is 1.17. The second kappa shape index (κ2) is 5.61. The summed E-state index contributed by atoms with van der Waals surface area (Å²) in [5.74, 6) is 0. The van der Waals surface area contributed by atoms with Crippen molar-refractivity contribution in [3.8, 4) is 0 Å². The molecule has 0 aliphatic heterocycles. The van der Waals surface area contributed by atoms with Crippen LogP contribution >= 0.6 is 0 Å². The molecular weight excluding hydrogens is 289 g/mol. The van der Waals surface area contributed by atoms with Crippen LogP contribution in [0.1, 0.15) is 0 Å². The van der Waals surface area contributed by atoms with Crippen molar-refractivity contribution in [2.24, 2.45) is 0 Å². The third kappa shape index (κ3) is 4.43. The third-order valence-corrected chi connectivity index (χ3v) is 22.5. The van der Waals surface area contributed by atoms with E-state index in [2.05, 4.69) is 11.2 Å². The first-order chi connectivity index (χ1) is 4.09. The second-order valence-electron chi connectivity index (χ2n) is 0.680. The molecule has 0 aromatic rings. The first-order valence-electron chi connectivity index (χ1n) is 1.33. The van der Waals surface area contributed by atoms with Crippen LogP contribution in [0.5, 0.6) is 0 Å². The lowest BCUT2D eigenvalue weighted by Gasteiger charge is -1.53. The Labute approximate surface area is 83.2 Å². The lowest BCUT2D eigenvalue weighted by atomic mass is 30.5. The fourth-order valence-electron chi connectivity index (χ4n) is 0.0680. The summed E-state index contributed by atoms with van der Waals surface area (Å²) in [5.41, 5.74) is 0. The second-order valence-corrected chi connectivity index (χ2v) is 18.4. The van der Waals surface area contributed by atoms with Gasteiger partial charge < -0.3 is 0 Å². The van der Waals surface area contributed by atoms with Crippen molar-refractivity contribution in [2.75, 3.05) is 0 Å². The van der Waals surface area contributed by atoms with E-state index in [1.165, 1.54) is 8.88 Å². The molecule has 9 heteroatoms. The molecule has 0 unspecified atom stereocenters. The van der Waals surface area contributed by atoms with Crippen LogP contribution in [0.3, 0.4) is 0 Å². The molecule has 0 aromatic heterocycles. The highest BCUT2D eigenvalue weighted by Gasteiger charge is 1.53. The van der Waals surface area contributed by atoms with Gasteiger partial charge in [-0.2, -0.15) is 0 Å². The van der Waals surface area contributed by atoms with Crippen molar-refractivity contribution >= 4 is 84.5 Å². The van der Waals surface area contributed by atoms with E-state index < -0.39 is 19.7 Å². The van der Waals surface area contributed by atoms with Crippen molar-refractivity contribution in [3.63, 3.8) is 0 Å². The summed E-state index contributed by atoms with van der Waals surface area (Å²) in [6, 6.07) is 0. The molecule has 0 rings (SSSR count). The standard InChI is InChI=1S/S9/c1-6-8(4)9(5)7(2)3. The Morgan fingerprint density at radius 3 is 1.56 bits per heavy atom. The van der Waals surface area contributed by atoms with Gasteiger partial charge in [0, 0.05) is 84.5 Å². The van der Waals surface area contributed by atoms with Gasteiger partial charge in [-0.3, -0.25) is 0 Å². The van der Waals surface area contributed by atoms with Gasteiger partial charge in [0.1, 0.15) is 0 Å². The molecule has 0 aromatic carbocycles. The van der Waals surface area contributed by atoms with Gasteiger partial charge in [0.25, 0.3) is 0 Å². The van der Waals surface area contributed by atoms with Gasteiger partial charge >= 0.3 is 0 Å². The Morgan fingerprint density at radius 1 is 1.00 bits per heavy atom. The normalized spacial score (nSPS) is 8.00. The Bertz CT molecular complexity index is 446. The summed E-state index contributed by atoms with van der Waals surface area (Å²) in [4.78, 5) is 0. The smallest absolute Gasteiger partial charge is 0 e. The van der Waals surface area contributed by atoms with Crippen LogP contribution in [0.2, 0.25) is 0 Å². The minimum absolute atomic E-state index is 0.390. The van der Waals surface area contributed by atoms with E-state index in [1.54, 1.807) is 0 Å². The van der Waals surface area contributed by atoms with Crippen LogP contribution in [0, 0.1) is 0 Å². The minimum Gasteiger partial charge on any atom is 0 e. The number of hydrogen-bond donors (Lipinski definition) is 0. The summed E-state index contributed by atoms with van der Waals surface area (Å²) in [5, 5.41) is 0. The van der Waals surface area contributed by atoms with E-state index in [0.29, 0.717) is 0 Å². The van der Waals surface area contributed by atoms with E-state index in [1.807, 2.05) is 0 Å². The minimum atomic E-state index is -0.560. The highest BCUT2D eigenvalue weighted by molar-refractivity contribution is 8.90. The first kappa shape index (κ1) is 11.0. The molecule has 0 saturated heterocycles. The van der Waals surface area contributed by atoms with E-state index in [-0.39, 0.29) is 0 Å². The van der Waals surface area contributed by atoms with E-state index >= 15 is 0 Å². The molecule has 0 aliphatic carbocycles. The van der Waals surface area contributed by atoms with Crippen LogP contribution in [0.4, 0.5) is 0 Å². The van der Waals surface area contributed by atoms with E-state index in [4.69, 9.17) is 44.8 Å². The predicted octanol–water partition coefficient (Wildman–Crippen LogP) is -0.0216. The fourth-order valence-corrected chi connectivity index (χ4v) is 16.5. The van der Waals surface area contributed by atoms with Gasteiger partial charge in [-0.15, -0.1) is 0 Å². The van der Waals surface area contributed by atoms with Crippen molar-refractivity contribution in [1.29, 1.82) is 0 Å². The molecule has 0 aliphatic rings. The van der Waals surface area contributed by atoms with Crippen molar-refractivity contribution in [2.45, 2.75) is 0 Å². The molecule has 0 spiro atoms. The Kier molecular flexibility index (Phi) is 6.84. The van der Waals surface area contributed by atoms with Crippen LogP contribution < -0.4 is 0 Å². The molecule has 0 radical (unpaired) electrons. The summed E-state index contributed by atoms with van der Waals surface area (Å²) < 4.78 is 0. The molecular formula is S9. The quantitative estimate of drug-likeness (QED) is 0.612. The molecule has 9 heavy (non-hydrogen) atoms. The number of rotatable bonds is 0. The lowest BCUT2D eigenvalue weighted by molar-refractivity contribution is 5.84. The van der Waals surface area contributed by atoms with Gasteiger partial charge in [0.05, 0.1) is 0 Å².